The van der Waals surface area contributed by atoms with Crippen molar-refractivity contribution in [2.45, 2.75) is 19.9 Å². The van der Waals surface area contributed by atoms with Gasteiger partial charge in [0.05, 0.1) is 12.6 Å². The van der Waals surface area contributed by atoms with Crippen molar-refractivity contribution in [3.8, 4) is 0 Å². The van der Waals surface area contributed by atoms with Gasteiger partial charge in [-0.2, -0.15) is 0 Å². The number of hydrogen-bond donors (Lipinski definition) is 0. The first-order valence-electron chi connectivity index (χ1n) is 9.94. The van der Waals surface area contributed by atoms with Crippen LogP contribution in [0.2, 0.25) is 0 Å². The zero-order valence-electron chi connectivity index (χ0n) is 16.7. The Morgan fingerprint density at radius 1 is 1.07 bits per heavy atom. The summed E-state index contributed by atoms with van der Waals surface area (Å²) in [6, 6.07) is 14.3. The van der Waals surface area contributed by atoms with Gasteiger partial charge in [-0.15, -0.1) is 11.3 Å². The summed E-state index contributed by atoms with van der Waals surface area (Å²) < 4.78 is 7.22. The molecule has 1 aromatic carbocycles. The first-order valence-corrected chi connectivity index (χ1v) is 10.8. The molecule has 6 nitrogen and oxygen atoms in total. The summed E-state index contributed by atoms with van der Waals surface area (Å²) in [6.45, 7) is 6.29. The van der Waals surface area contributed by atoms with Crippen LogP contribution in [-0.2, 0) is 4.74 Å². The summed E-state index contributed by atoms with van der Waals surface area (Å²) in [5.74, 6) is 0.0136. The van der Waals surface area contributed by atoms with Gasteiger partial charge in [0.25, 0.3) is 5.91 Å². The number of nitrogens with zero attached hydrogens (tertiary/aromatic N) is 3. The molecule has 1 atom stereocenters. The summed E-state index contributed by atoms with van der Waals surface area (Å²) in [6.07, 6.45) is -0.304. The average Bonchev–Trinajstić information content (AvgIpc) is 3.35. The molecule has 1 aliphatic heterocycles. The first kappa shape index (κ1) is 19.5. The largest absolute Gasteiger partial charge is 0.450 e. The second-order valence-corrected chi connectivity index (χ2v) is 8.04. The summed E-state index contributed by atoms with van der Waals surface area (Å²) >= 11 is 1.65. The van der Waals surface area contributed by atoms with Crippen LogP contribution in [0.15, 0.2) is 47.8 Å². The Kier molecular flexibility index (Phi) is 5.58. The van der Waals surface area contributed by atoms with E-state index >= 15 is 0 Å². The number of hydrogen-bond acceptors (Lipinski definition) is 4. The Hall–Kier alpha value is -2.80. The SMILES string of the molecule is CCOC(=O)N1CCN(C(=O)c2cc3ccsc3n2[C@H](C)c2ccccc2)CC1. The van der Waals surface area contributed by atoms with Gasteiger partial charge in [0.2, 0.25) is 0 Å². The molecule has 4 rings (SSSR count). The van der Waals surface area contributed by atoms with E-state index < -0.39 is 0 Å². The molecule has 0 unspecified atom stereocenters. The molecular weight excluding hydrogens is 386 g/mol. The predicted octanol–water partition coefficient (Wildman–Crippen LogP) is 4.23. The van der Waals surface area contributed by atoms with E-state index in [1.807, 2.05) is 29.2 Å². The van der Waals surface area contributed by atoms with Crippen molar-refractivity contribution >= 4 is 33.6 Å². The fraction of sp³-hybridized carbons (Fsp3) is 0.364. The van der Waals surface area contributed by atoms with Crippen LogP contribution in [0.3, 0.4) is 0 Å². The molecule has 0 radical (unpaired) electrons. The summed E-state index contributed by atoms with van der Waals surface area (Å²) in [7, 11) is 0. The van der Waals surface area contributed by atoms with Gasteiger partial charge in [0, 0.05) is 31.6 Å². The van der Waals surface area contributed by atoms with Crippen molar-refractivity contribution in [1.29, 1.82) is 0 Å². The quantitative estimate of drug-likeness (QED) is 0.646. The lowest BCUT2D eigenvalue weighted by Gasteiger charge is -2.34. The molecule has 0 spiro atoms. The van der Waals surface area contributed by atoms with Crippen molar-refractivity contribution in [1.82, 2.24) is 14.4 Å². The van der Waals surface area contributed by atoms with Crippen molar-refractivity contribution in [3.05, 3.63) is 59.1 Å². The van der Waals surface area contributed by atoms with E-state index in [2.05, 4.69) is 35.1 Å². The number of fused-ring (bicyclic) bond motifs is 1. The monoisotopic (exact) mass is 411 g/mol. The number of benzene rings is 1. The Morgan fingerprint density at radius 3 is 2.45 bits per heavy atom. The van der Waals surface area contributed by atoms with Crippen molar-refractivity contribution in [2.24, 2.45) is 0 Å². The summed E-state index contributed by atoms with van der Waals surface area (Å²) in [5, 5.41) is 3.15. The van der Waals surface area contributed by atoms with Gasteiger partial charge in [0.1, 0.15) is 10.5 Å². The van der Waals surface area contributed by atoms with Crippen LogP contribution in [0.1, 0.15) is 35.9 Å². The lowest BCUT2D eigenvalue weighted by atomic mass is 10.1. The predicted molar refractivity (Wildman–Crippen MR) is 115 cm³/mol. The number of amides is 2. The van der Waals surface area contributed by atoms with E-state index in [-0.39, 0.29) is 18.0 Å². The third-order valence-electron chi connectivity index (χ3n) is 5.43. The van der Waals surface area contributed by atoms with Crippen LogP contribution >= 0.6 is 11.3 Å². The van der Waals surface area contributed by atoms with Crippen LogP contribution in [0.5, 0.6) is 0 Å². The van der Waals surface area contributed by atoms with Crippen LogP contribution in [0, 0.1) is 0 Å². The molecule has 0 aliphatic carbocycles. The third-order valence-corrected chi connectivity index (χ3v) is 6.35. The molecule has 2 amide bonds. The van der Waals surface area contributed by atoms with Crippen LogP contribution < -0.4 is 0 Å². The van der Waals surface area contributed by atoms with E-state index in [0.29, 0.717) is 38.5 Å². The maximum atomic E-state index is 13.4. The number of thiophene rings is 1. The van der Waals surface area contributed by atoms with Crippen molar-refractivity contribution in [2.75, 3.05) is 32.8 Å². The van der Waals surface area contributed by atoms with E-state index in [0.717, 1.165) is 10.2 Å². The molecule has 3 aromatic rings. The maximum absolute atomic E-state index is 13.4. The minimum absolute atomic E-state index is 0.0136. The summed E-state index contributed by atoms with van der Waals surface area (Å²) in [4.78, 5) is 29.9. The number of aromatic nitrogens is 1. The zero-order chi connectivity index (χ0) is 20.4. The van der Waals surface area contributed by atoms with E-state index in [1.165, 1.54) is 5.56 Å². The lowest BCUT2D eigenvalue weighted by Crippen LogP contribution is -2.51. The van der Waals surface area contributed by atoms with E-state index in [1.54, 1.807) is 23.2 Å². The molecule has 0 bridgehead atoms. The Morgan fingerprint density at radius 2 is 1.76 bits per heavy atom. The highest BCUT2D eigenvalue weighted by molar-refractivity contribution is 7.16. The highest BCUT2D eigenvalue weighted by atomic mass is 32.1. The normalized spacial score (nSPS) is 15.5. The molecule has 7 heteroatoms. The highest BCUT2D eigenvalue weighted by Gasteiger charge is 2.29. The molecule has 152 valence electrons. The molecule has 3 heterocycles. The van der Waals surface area contributed by atoms with Crippen molar-refractivity contribution in [3.63, 3.8) is 0 Å². The molecule has 29 heavy (non-hydrogen) atoms. The fourth-order valence-electron chi connectivity index (χ4n) is 3.84. The van der Waals surface area contributed by atoms with Gasteiger partial charge in [-0.25, -0.2) is 4.79 Å². The second kappa shape index (κ2) is 8.29. The lowest BCUT2D eigenvalue weighted by molar-refractivity contribution is 0.0562. The van der Waals surface area contributed by atoms with Crippen LogP contribution in [0.25, 0.3) is 10.2 Å². The number of carbonyl (C=O) groups is 2. The molecular formula is C22H25N3O3S. The molecule has 1 fully saturated rings. The highest BCUT2D eigenvalue weighted by Crippen LogP contribution is 2.32. The maximum Gasteiger partial charge on any atom is 0.409 e. The van der Waals surface area contributed by atoms with Gasteiger partial charge >= 0.3 is 6.09 Å². The number of piperazine rings is 1. The average molecular weight is 412 g/mol. The Bertz CT molecular complexity index is 1000. The minimum Gasteiger partial charge on any atom is -0.450 e. The Balaban J connectivity index is 1.59. The fourth-order valence-corrected chi connectivity index (χ4v) is 4.82. The zero-order valence-corrected chi connectivity index (χ0v) is 17.5. The number of carbonyl (C=O) groups excluding carboxylic acids is 2. The molecule has 1 saturated heterocycles. The topological polar surface area (TPSA) is 54.8 Å². The van der Waals surface area contributed by atoms with E-state index in [9.17, 15) is 9.59 Å². The number of rotatable bonds is 4. The molecule has 2 aromatic heterocycles. The molecule has 1 aliphatic rings. The van der Waals surface area contributed by atoms with Gasteiger partial charge in [-0.1, -0.05) is 30.3 Å². The van der Waals surface area contributed by atoms with Crippen LogP contribution in [0.4, 0.5) is 4.79 Å². The van der Waals surface area contributed by atoms with Crippen LogP contribution in [-0.4, -0.2) is 59.2 Å². The first-order chi connectivity index (χ1) is 14.1. The Labute approximate surface area is 174 Å². The summed E-state index contributed by atoms with van der Waals surface area (Å²) in [5.41, 5.74) is 1.87. The van der Waals surface area contributed by atoms with Crippen molar-refractivity contribution < 1.29 is 14.3 Å². The minimum atomic E-state index is -0.304. The van der Waals surface area contributed by atoms with E-state index in [4.69, 9.17) is 4.74 Å². The smallest absolute Gasteiger partial charge is 0.409 e. The van der Waals surface area contributed by atoms with Gasteiger partial charge in [0.15, 0.2) is 0 Å². The standard InChI is InChI=1S/C22H25N3O3S/c1-3-28-22(27)24-12-10-23(11-13-24)20(26)19-15-18-9-14-29-21(18)25(19)16(2)17-7-5-4-6-8-17/h4-9,14-16H,3,10-13H2,1-2H3/t16-/m1/s1. The molecule has 0 N–H and O–H groups in total. The van der Waals surface area contributed by atoms with Gasteiger partial charge in [-0.3, -0.25) is 4.79 Å². The second-order valence-electron chi connectivity index (χ2n) is 7.15. The van der Waals surface area contributed by atoms with Gasteiger partial charge < -0.3 is 19.1 Å². The van der Waals surface area contributed by atoms with Gasteiger partial charge in [-0.05, 0) is 36.9 Å². The third kappa shape index (κ3) is 3.74. The number of ether oxygens (including phenoxy) is 1. The molecule has 0 saturated carbocycles.